The van der Waals surface area contributed by atoms with Gasteiger partial charge in [-0.1, -0.05) is 60.1 Å². The molecule has 0 aromatic heterocycles. The van der Waals surface area contributed by atoms with E-state index in [1.807, 2.05) is 48.5 Å². The van der Waals surface area contributed by atoms with Gasteiger partial charge in [-0.25, -0.2) is 0 Å². The summed E-state index contributed by atoms with van der Waals surface area (Å²) in [4.78, 5) is 4.29. The fourth-order valence-corrected chi connectivity index (χ4v) is 3.28. The fourth-order valence-electron chi connectivity index (χ4n) is 3.11. The summed E-state index contributed by atoms with van der Waals surface area (Å²) in [6.45, 7) is 0. The lowest BCUT2D eigenvalue weighted by atomic mass is 9.97. The van der Waals surface area contributed by atoms with Crippen molar-refractivity contribution in [1.29, 1.82) is 0 Å². The van der Waals surface area contributed by atoms with Crippen LogP contribution in [0.15, 0.2) is 77.8 Å². The standard InChI is InChI=1S/C22H13ClF3N/c23-20-10-9-16(22(24,25)26)12-21(20)27-13-19-17-7-3-1-5-14(17)11-15-6-2-4-8-18(15)19/h1-13H. The summed E-state index contributed by atoms with van der Waals surface area (Å²) < 4.78 is 39.0. The molecule has 4 rings (SSSR count). The van der Waals surface area contributed by atoms with Crippen LogP contribution in [0.2, 0.25) is 5.02 Å². The second-order valence-corrected chi connectivity index (χ2v) is 6.56. The molecule has 0 atom stereocenters. The van der Waals surface area contributed by atoms with E-state index in [9.17, 15) is 13.2 Å². The summed E-state index contributed by atoms with van der Waals surface area (Å²) in [7, 11) is 0. The number of aliphatic imine (C=N–C) groups is 1. The molecule has 4 aromatic rings. The Kier molecular flexibility index (Phi) is 4.36. The van der Waals surface area contributed by atoms with Gasteiger partial charge in [0.1, 0.15) is 0 Å². The molecule has 0 saturated heterocycles. The summed E-state index contributed by atoms with van der Waals surface area (Å²) in [5.74, 6) is 0. The maximum Gasteiger partial charge on any atom is 0.416 e. The van der Waals surface area contributed by atoms with Crippen LogP contribution in [0.3, 0.4) is 0 Å². The van der Waals surface area contributed by atoms with Crippen molar-refractivity contribution in [2.24, 2.45) is 4.99 Å². The minimum Gasteiger partial charge on any atom is -0.255 e. The van der Waals surface area contributed by atoms with Gasteiger partial charge in [-0.15, -0.1) is 0 Å². The van der Waals surface area contributed by atoms with Crippen molar-refractivity contribution in [3.63, 3.8) is 0 Å². The van der Waals surface area contributed by atoms with Crippen LogP contribution in [-0.4, -0.2) is 6.21 Å². The maximum absolute atomic E-state index is 13.0. The van der Waals surface area contributed by atoms with Gasteiger partial charge >= 0.3 is 6.18 Å². The first-order valence-corrected chi connectivity index (χ1v) is 8.62. The Morgan fingerprint density at radius 3 is 1.96 bits per heavy atom. The molecule has 0 spiro atoms. The Hall–Kier alpha value is -2.85. The van der Waals surface area contributed by atoms with Gasteiger partial charge in [0.25, 0.3) is 0 Å². The minimum absolute atomic E-state index is 0.0866. The van der Waals surface area contributed by atoms with Crippen LogP contribution < -0.4 is 0 Å². The molecule has 4 aromatic carbocycles. The smallest absolute Gasteiger partial charge is 0.255 e. The predicted octanol–water partition coefficient (Wildman–Crippen LogP) is 7.42. The molecule has 27 heavy (non-hydrogen) atoms. The highest BCUT2D eigenvalue weighted by atomic mass is 35.5. The van der Waals surface area contributed by atoms with Crippen molar-refractivity contribution in [3.8, 4) is 0 Å². The zero-order chi connectivity index (χ0) is 19.0. The van der Waals surface area contributed by atoms with Crippen molar-refractivity contribution >= 4 is 45.0 Å². The van der Waals surface area contributed by atoms with E-state index in [0.717, 1.165) is 39.2 Å². The first-order valence-electron chi connectivity index (χ1n) is 8.25. The number of benzene rings is 4. The SMILES string of the molecule is FC(F)(F)c1ccc(Cl)c(N=Cc2c3ccccc3cc3ccccc23)c1. The molecular weight excluding hydrogens is 371 g/mol. The number of hydrogen-bond acceptors (Lipinski definition) is 1. The number of fused-ring (bicyclic) bond motifs is 2. The minimum atomic E-state index is -4.44. The molecule has 0 aliphatic heterocycles. The summed E-state index contributed by atoms with van der Waals surface area (Å²) >= 11 is 6.07. The van der Waals surface area contributed by atoms with Crippen molar-refractivity contribution in [3.05, 3.63) is 88.9 Å². The van der Waals surface area contributed by atoms with Crippen LogP contribution in [0.4, 0.5) is 18.9 Å². The largest absolute Gasteiger partial charge is 0.416 e. The third-order valence-electron chi connectivity index (χ3n) is 4.42. The van der Waals surface area contributed by atoms with Gasteiger partial charge in [0.15, 0.2) is 0 Å². The average Bonchev–Trinajstić information content (AvgIpc) is 2.65. The second-order valence-electron chi connectivity index (χ2n) is 6.15. The lowest BCUT2D eigenvalue weighted by Gasteiger charge is -2.09. The topological polar surface area (TPSA) is 12.4 Å². The number of alkyl halides is 3. The lowest BCUT2D eigenvalue weighted by Crippen LogP contribution is -2.04. The van der Waals surface area contributed by atoms with Gasteiger partial charge in [-0.3, -0.25) is 4.99 Å². The highest BCUT2D eigenvalue weighted by molar-refractivity contribution is 6.33. The zero-order valence-corrected chi connectivity index (χ0v) is 14.7. The summed E-state index contributed by atoms with van der Waals surface area (Å²) in [6.07, 6.45) is -2.85. The zero-order valence-electron chi connectivity index (χ0n) is 14.0. The first kappa shape index (κ1) is 17.6. The monoisotopic (exact) mass is 383 g/mol. The molecule has 0 heterocycles. The maximum atomic E-state index is 13.0. The molecule has 0 amide bonds. The number of hydrogen-bond donors (Lipinski definition) is 0. The van der Waals surface area contributed by atoms with Crippen LogP contribution in [0, 0.1) is 0 Å². The van der Waals surface area contributed by atoms with Gasteiger partial charge in [0, 0.05) is 11.8 Å². The molecule has 0 fully saturated rings. The van der Waals surface area contributed by atoms with Crippen LogP contribution >= 0.6 is 11.6 Å². The van der Waals surface area contributed by atoms with E-state index in [0.29, 0.717) is 0 Å². The van der Waals surface area contributed by atoms with Gasteiger partial charge < -0.3 is 0 Å². The molecule has 0 unspecified atom stereocenters. The molecular formula is C22H13ClF3N. The highest BCUT2D eigenvalue weighted by Gasteiger charge is 2.30. The molecule has 0 bridgehead atoms. The molecule has 0 saturated carbocycles. The van der Waals surface area contributed by atoms with Crippen LogP contribution in [-0.2, 0) is 6.18 Å². The van der Waals surface area contributed by atoms with E-state index >= 15 is 0 Å². The summed E-state index contributed by atoms with van der Waals surface area (Å²) in [5, 5.41) is 4.19. The third-order valence-corrected chi connectivity index (χ3v) is 4.74. The van der Waals surface area contributed by atoms with Crippen LogP contribution in [0.5, 0.6) is 0 Å². The normalized spacial score (nSPS) is 12.3. The molecule has 0 N–H and O–H groups in total. The Balaban J connectivity index is 1.90. The van der Waals surface area contributed by atoms with Gasteiger partial charge in [-0.05, 0) is 45.8 Å². The van der Waals surface area contributed by atoms with Gasteiger partial charge in [-0.2, -0.15) is 13.2 Å². The first-order chi connectivity index (χ1) is 12.9. The van der Waals surface area contributed by atoms with Gasteiger partial charge in [0.2, 0.25) is 0 Å². The van der Waals surface area contributed by atoms with E-state index in [2.05, 4.69) is 11.1 Å². The van der Waals surface area contributed by atoms with E-state index in [1.165, 1.54) is 6.07 Å². The molecule has 5 heteroatoms. The number of halogens is 4. The highest BCUT2D eigenvalue weighted by Crippen LogP contribution is 2.35. The Morgan fingerprint density at radius 1 is 0.778 bits per heavy atom. The molecule has 0 aliphatic rings. The second kappa shape index (κ2) is 6.71. The molecule has 0 radical (unpaired) electrons. The van der Waals surface area contributed by atoms with E-state index in [-0.39, 0.29) is 10.7 Å². The molecule has 1 nitrogen and oxygen atoms in total. The van der Waals surface area contributed by atoms with Crippen molar-refractivity contribution in [1.82, 2.24) is 0 Å². The Bertz CT molecular complexity index is 1130. The molecule has 0 aliphatic carbocycles. The third kappa shape index (κ3) is 3.40. The number of nitrogens with zero attached hydrogens (tertiary/aromatic N) is 1. The van der Waals surface area contributed by atoms with Crippen molar-refractivity contribution in [2.45, 2.75) is 6.18 Å². The quantitative estimate of drug-likeness (QED) is 0.252. The van der Waals surface area contributed by atoms with Crippen molar-refractivity contribution in [2.75, 3.05) is 0 Å². The Morgan fingerprint density at radius 2 is 1.37 bits per heavy atom. The summed E-state index contributed by atoms with van der Waals surface area (Å²) in [5.41, 5.74) is 0.155. The van der Waals surface area contributed by atoms with E-state index < -0.39 is 11.7 Å². The lowest BCUT2D eigenvalue weighted by molar-refractivity contribution is -0.137. The van der Waals surface area contributed by atoms with E-state index in [4.69, 9.17) is 11.6 Å². The predicted molar refractivity (Wildman–Crippen MR) is 105 cm³/mol. The van der Waals surface area contributed by atoms with Gasteiger partial charge in [0.05, 0.1) is 16.3 Å². The van der Waals surface area contributed by atoms with Crippen LogP contribution in [0.1, 0.15) is 11.1 Å². The van der Waals surface area contributed by atoms with Crippen molar-refractivity contribution < 1.29 is 13.2 Å². The average molecular weight is 384 g/mol. The Labute approximate surface area is 158 Å². The number of rotatable bonds is 2. The van der Waals surface area contributed by atoms with E-state index in [1.54, 1.807) is 6.21 Å². The summed E-state index contributed by atoms with van der Waals surface area (Å²) in [6, 6.07) is 20.9. The molecule has 134 valence electrons. The fraction of sp³-hybridized carbons (Fsp3) is 0.0455. The van der Waals surface area contributed by atoms with Crippen LogP contribution in [0.25, 0.3) is 21.5 Å².